The first-order valence-corrected chi connectivity index (χ1v) is 7.77. The Morgan fingerprint density at radius 1 is 1.50 bits per heavy atom. The van der Waals surface area contributed by atoms with Gasteiger partial charge in [0.2, 0.25) is 0 Å². The molecule has 1 fully saturated rings. The van der Waals surface area contributed by atoms with E-state index >= 15 is 0 Å². The van der Waals surface area contributed by atoms with Crippen molar-refractivity contribution >= 4 is 21.7 Å². The normalized spacial score (nSPS) is 20.6. The van der Waals surface area contributed by atoms with E-state index in [1.807, 2.05) is 19.1 Å². The van der Waals surface area contributed by atoms with E-state index in [9.17, 15) is 9.90 Å². The lowest BCUT2D eigenvalue weighted by Gasteiger charge is -2.42. The standard InChI is InChI=1S/C15H21BrN2O2/c1-11(10-19)18-7-5-15(6-8-18,12(2)20)13-3-4-14(16)17-9-13/h3-4,9,11,19H,5-8,10H2,1-2H3. The average Bonchev–Trinajstić information content (AvgIpc) is 2.47. The number of carbonyl (C=O) groups is 1. The number of rotatable bonds is 4. The summed E-state index contributed by atoms with van der Waals surface area (Å²) >= 11 is 3.33. The molecule has 0 aliphatic carbocycles. The molecule has 4 nitrogen and oxygen atoms in total. The number of hydrogen-bond donors (Lipinski definition) is 1. The molecular formula is C15H21BrN2O2. The smallest absolute Gasteiger partial charge is 0.140 e. The summed E-state index contributed by atoms with van der Waals surface area (Å²) in [4.78, 5) is 18.8. The van der Waals surface area contributed by atoms with Gasteiger partial charge in [-0.3, -0.25) is 9.69 Å². The molecular weight excluding hydrogens is 320 g/mol. The van der Waals surface area contributed by atoms with E-state index in [4.69, 9.17) is 0 Å². The minimum absolute atomic E-state index is 0.156. The monoisotopic (exact) mass is 340 g/mol. The third-order valence-corrected chi connectivity index (χ3v) is 4.96. The van der Waals surface area contributed by atoms with Crippen LogP contribution < -0.4 is 0 Å². The second-order valence-corrected chi connectivity index (χ2v) is 6.39. The molecule has 1 aromatic rings. The number of Topliss-reactive ketones (excluding diaryl/α,β-unsaturated/α-hetero) is 1. The van der Waals surface area contributed by atoms with Gasteiger partial charge in [0.15, 0.2) is 0 Å². The van der Waals surface area contributed by atoms with E-state index in [0.29, 0.717) is 0 Å². The second-order valence-electron chi connectivity index (χ2n) is 5.58. The summed E-state index contributed by atoms with van der Waals surface area (Å²) in [5, 5.41) is 9.25. The molecule has 1 aliphatic heterocycles. The molecule has 1 aromatic heterocycles. The maximum atomic E-state index is 12.2. The van der Waals surface area contributed by atoms with E-state index in [1.165, 1.54) is 0 Å². The molecule has 0 bridgehead atoms. The molecule has 1 aliphatic rings. The molecule has 0 aromatic carbocycles. The van der Waals surface area contributed by atoms with Gasteiger partial charge in [-0.1, -0.05) is 6.07 Å². The van der Waals surface area contributed by atoms with Crippen molar-refractivity contribution in [2.75, 3.05) is 19.7 Å². The molecule has 1 atom stereocenters. The van der Waals surface area contributed by atoms with Crippen LogP contribution in [0.3, 0.4) is 0 Å². The number of halogens is 1. The summed E-state index contributed by atoms with van der Waals surface area (Å²) < 4.78 is 0.784. The van der Waals surface area contributed by atoms with E-state index in [1.54, 1.807) is 13.1 Å². The number of piperidine rings is 1. The predicted molar refractivity (Wildman–Crippen MR) is 81.7 cm³/mol. The van der Waals surface area contributed by atoms with Gasteiger partial charge in [-0.2, -0.15) is 0 Å². The molecule has 0 radical (unpaired) electrons. The van der Waals surface area contributed by atoms with Crippen molar-refractivity contribution in [1.29, 1.82) is 0 Å². The number of hydrogen-bond acceptors (Lipinski definition) is 4. The number of pyridine rings is 1. The van der Waals surface area contributed by atoms with Crippen LogP contribution >= 0.6 is 15.9 Å². The second kappa shape index (κ2) is 6.33. The number of aliphatic hydroxyl groups is 1. The highest BCUT2D eigenvalue weighted by atomic mass is 79.9. The van der Waals surface area contributed by atoms with Crippen molar-refractivity contribution in [1.82, 2.24) is 9.88 Å². The Labute approximate surface area is 128 Å². The van der Waals surface area contributed by atoms with Crippen LogP contribution in [0.15, 0.2) is 22.9 Å². The lowest BCUT2D eigenvalue weighted by Crippen LogP contribution is -2.49. The van der Waals surface area contributed by atoms with Gasteiger partial charge >= 0.3 is 0 Å². The summed E-state index contributed by atoms with van der Waals surface area (Å²) in [5.74, 6) is 0.206. The molecule has 2 rings (SSSR count). The maximum absolute atomic E-state index is 12.2. The Hall–Kier alpha value is -0.780. The summed E-state index contributed by atoms with van der Waals surface area (Å²) in [6.07, 6.45) is 3.38. The highest BCUT2D eigenvalue weighted by Crippen LogP contribution is 2.37. The van der Waals surface area contributed by atoms with Gasteiger partial charge in [-0.05, 0) is 67.3 Å². The van der Waals surface area contributed by atoms with Gasteiger partial charge < -0.3 is 5.11 Å². The number of aliphatic hydroxyl groups excluding tert-OH is 1. The maximum Gasteiger partial charge on any atom is 0.140 e. The van der Waals surface area contributed by atoms with Gasteiger partial charge in [-0.25, -0.2) is 4.98 Å². The molecule has 0 amide bonds. The molecule has 5 heteroatoms. The van der Waals surface area contributed by atoms with Gasteiger partial charge in [0.05, 0.1) is 12.0 Å². The van der Waals surface area contributed by atoms with Crippen molar-refractivity contribution < 1.29 is 9.90 Å². The number of likely N-dealkylation sites (tertiary alicyclic amines) is 1. The third kappa shape index (κ3) is 2.95. The van der Waals surface area contributed by atoms with E-state index in [0.717, 1.165) is 36.1 Å². The summed E-state index contributed by atoms with van der Waals surface area (Å²) in [5.41, 5.74) is 0.587. The van der Waals surface area contributed by atoms with Crippen LogP contribution in [0, 0.1) is 0 Å². The first-order valence-electron chi connectivity index (χ1n) is 6.97. The Bertz CT molecular complexity index is 467. The topological polar surface area (TPSA) is 53.4 Å². The van der Waals surface area contributed by atoms with Crippen LogP contribution in [0.5, 0.6) is 0 Å². The minimum Gasteiger partial charge on any atom is -0.395 e. The number of ketones is 1. The summed E-state index contributed by atoms with van der Waals surface area (Å²) in [7, 11) is 0. The Balaban J connectivity index is 2.21. The van der Waals surface area contributed by atoms with Gasteiger partial charge in [-0.15, -0.1) is 0 Å². The number of nitrogens with zero attached hydrogens (tertiary/aromatic N) is 2. The minimum atomic E-state index is -0.417. The molecule has 110 valence electrons. The Kier molecular flexibility index (Phi) is 4.94. The molecule has 0 spiro atoms. The molecule has 1 unspecified atom stereocenters. The lowest BCUT2D eigenvalue weighted by atomic mass is 9.70. The summed E-state index contributed by atoms with van der Waals surface area (Å²) in [6, 6.07) is 4.04. The SMILES string of the molecule is CC(=O)C1(c2ccc(Br)nc2)CCN(C(C)CO)CC1. The fraction of sp³-hybridized carbons (Fsp3) is 0.600. The molecule has 1 saturated heterocycles. The van der Waals surface area contributed by atoms with Crippen molar-refractivity contribution in [3.63, 3.8) is 0 Å². The quantitative estimate of drug-likeness (QED) is 0.853. The first kappa shape index (κ1) is 15.6. The summed E-state index contributed by atoms with van der Waals surface area (Å²) in [6.45, 7) is 5.51. The van der Waals surface area contributed by atoms with Crippen molar-refractivity contribution in [3.05, 3.63) is 28.5 Å². The molecule has 0 saturated carbocycles. The van der Waals surface area contributed by atoms with Crippen molar-refractivity contribution in [2.45, 2.75) is 38.1 Å². The zero-order valence-electron chi connectivity index (χ0n) is 12.0. The molecule has 1 N–H and O–H groups in total. The number of carbonyl (C=O) groups excluding carboxylic acids is 1. The Morgan fingerprint density at radius 2 is 2.15 bits per heavy atom. The Morgan fingerprint density at radius 3 is 2.60 bits per heavy atom. The zero-order chi connectivity index (χ0) is 14.8. The predicted octanol–water partition coefficient (Wildman–Crippen LogP) is 2.15. The van der Waals surface area contributed by atoms with Gasteiger partial charge in [0, 0.05) is 12.2 Å². The van der Waals surface area contributed by atoms with Crippen LogP contribution in [0.4, 0.5) is 0 Å². The highest BCUT2D eigenvalue weighted by Gasteiger charge is 2.41. The first-order chi connectivity index (χ1) is 9.49. The van der Waals surface area contributed by atoms with Crippen LogP contribution in [-0.2, 0) is 10.2 Å². The number of aromatic nitrogens is 1. The van der Waals surface area contributed by atoms with Crippen LogP contribution in [0.1, 0.15) is 32.3 Å². The van der Waals surface area contributed by atoms with Crippen LogP contribution in [0.25, 0.3) is 0 Å². The zero-order valence-corrected chi connectivity index (χ0v) is 13.6. The molecule has 2 heterocycles. The average molecular weight is 341 g/mol. The fourth-order valence-corrected chi connectivity index (χ4v) is 3.20. The van der Waals surface area contributed by atoms with Crippen molar-refractivity contribution in [2.24, 2.45) is 0 Å². The fourth-order valence-electron chi connectivity index (χ4n) is 2.96. The third-order valence-electron chi connectivity index (χ3n) is 4.49. The van der Waals surface area contributed by atoms with Gasteiger partial charge in [0.25, 0.3) is 0 Å². The van der Waals surface area contributed by atoms with Crippen LogP contribution in [-0.4, -0.2) is 46.5 Å². The van der Waals surface area contributed by atoms with Crippen LogP contribution in [0.2, 0.25) is 0 Å². The lowest BCUT2D eigenvalue weighted by molar-refractivity contribution is -0.124. The van der Waals surface area contributed by atoms with E-state index in [-0.39, 0.29) is 18.4 Å². The largest absolute Gasteiger partial charge is 0.395 e. The molecule has 20 heavy (non-hydrogen) atoms. The van der Waals surface area contributed by atoms with Gasteiger partial charge in [0.1, 0.15) is 10.4 Å². The highest BCUT2D eigenvalue weighted by molar-refractivity contribution is 9.10. The van der Waals surface area contributed by atoms with Crippen molar-refractivity contribution in [3.8, 4) is 0 Å². The van der Waals surface area contributed by atoms with E-state index < -0.39 is 5.41 Å². The van der Waals surface area contributed by atoms with E-state index in [2.05, 4.69) is 25.8 Å².